The van der Waals surface area contributed by atoms with E-state index in [4.69, 9.17) is 5.11 Å². The highest BCUT2D eigenvalue weighted by atomic mass is 16.4. The van der Waals surface area contributed by atoms with Crippen molar-refractivity contribution in [2.75, 3.05) is 6.54 Å². The third-order valence-electron chi connectivity index (χ3n) is 2.36. The minimum Gasteiger partial charge on any atom is -0.481 e. The van der Waals surface area contributed by atoms with Gasteiger partial charge in [-0.2, -0.15) is 5.10 Å². The Hall–Kier alpha value is -1.85. The fraction of sp³-hybridized carbons (Fsp3) is 0.500. The van der Waals surface area contributed by atoms with Crippen molar-refractivity contribution in [3.05, 3.63) is 18.0 Å². The second-order valence-corrected chi connectivity index (χ2v) is 3.89. The van der Waals surface area contributed by atoms with Crippen LogP contribution in [0, 0.1) is 11.8 Å². The lowest BCUT2D eigenvalue weighted by atomic mass is 9.96. The van der Waals surface area contributed by atoms with Gasteiger partial charge in [0.1, 0.15) is 0 Å². The Balaban J connectivity index is 2.50. The molecule has 16 heavy (non-hydrogen) atoms. The molecule has 1 amide bonds. The zero-order chi connectivity index (χ0) is 12.1. The van der Waals surface area contributed by atoms with Crippen LogP contribution < -0.4 is 5.32 Å². The Morgan fingerprint density at radius 2 is 2.25 bits per heavy atom. The number of nitrogens with zero attached hydrogens (tertiary/aromatic N) is 1. The fourth-order valence-electron chi connectivity index (χ4n) is 1.29. The molecule has 1 unspecified atom stereocenters. The smallest absolute Gasteiger partial charge is 0.308 e. The van der Waals surface area contributed by atoms with E-state index in [-0.39, 0.29) is 18.4 Å². The predicted octanol–water partition coefficient (Wildman–Crippen LogP) is 0.496. The lowest BCUT2D eigenvalue weighted by molar-refractivity contribution is -0.142. The number of aromatic nitrogens is 2. The van der Waals surface area contributed by atoms with Crippen molar-refractivity contribution in [1.82, 2.24) is 15.5 Å². The fourth-order valence-corrected chi connectivity index (χ4v) is 1.29. The van der Waals surface area contributed by atoms with E-state index in [1.807, 2.05) is 13.8 Å². The first kappa shape index (κ1) is 12.2. The summed E-state index contributed by atoms with van der Waals surface area (Å²) in [6.45, 7) is 3.74. The first-order chi connectivity index (χ1) is 7.52. The maximum atomic E-state index is 11.5. The number of carbonyl (C=O) groups is 2. The average Bonchev–Trinajstić information content (AvgIpc) is 2.69. The van der Waals surface area contributed by atoms with Gasteiger partial charge in [0.05, 0.1) is 17.7 Å². The lowest BCUT2D eigenvalue weighted by Gasteiger charge is -2.16. The molecule has 0 fully saturated rings. The minimum absolute atomic E-state index is 0.0258. The maximum absolute atomic E-state index is 11.5. The molecule has 3 N–H and O–H groups in total. The number of carboxylic acid groups (broad SMARTS) is 1. The monoisotopic (exact) mass is 225 g/mol. The van der Waals surface area contributed by atoms with Crippen LogP contribution in [0.5, 0.6) is 0 Å². The molecule has 88 valence electrons. The Labute approximate surface area is 93.1 Å². The van der Waals surface area contributed by atoms with Crippen LogP contribution >= 0.6 is 0 Å². The molecule has 0 aliphatic rings. The summed E-state index contributed by atoms with van der Waals surface area (Å²) in [5.74, 6) is -1.82. The number of hydrogen-bond acceptors (Lipinski definition) is 3. The number of aromatic amines is 1. The molecule has 0 saturated carbocycles. The van der Waals surface area contributed by atoms with E-state index in [9.17, 15) is 9.59 Å². The number of H-pyrrole nitrogens is 1. The molecule has 0 bridgehead atoms. The van der Waals surface area contributed by atoms with Crippen molar-refractivity contribution < 1.29 is 14.7 Å². The molecule has 0 saturated heterocycles. The molecule has 1 heterocycles. The highest BCUT2D eigenvalue weighted by Gasteiger charge is 2.22. The standard InChI is InChI=1S/C10H15N3O3/c1-6(2)8(10(15)16)5-11-9(14)7-3-12-13-4-7/h3-4,6,8H,5H2,1-2H3,(H,11,14)(H,12,13)(H,15,16). The summed E-state index contributed by atoms with van der Waals surface area (Å²) < 4.78 is 0. The van der Waals surface area contributed by atoms with Crippen molar-refractivity contribution in [3.8, 4) is 0 Å². The molecule has 0 aromatic carbocycles. The second-order valence-electron chi connectivity index (χ2n) is 3.89. The van der Waals surface area contributed by atoms with E-state index in [1.54, 1.807) is 0 Å². The Morgan fingerprint density at radius 1 is 1.56 bits per heavy atom. The largest absolute Gasteiger partial charge is 0.481 e. The van der Waals surface area contributed by atoms with Crippen LogP contribution in [0.15, 0.2) is 12.4 Å². The van der Waals surface area contributed by atoms with Crippen molar-refractivity contribution in [2.45, 2.75) is 13.8 Å². The van der Waals surface area contributed by atoms with Gasteiger partial charge in [-0.15, -0.1) is 0 Å². The second kappa shape index (κ2) is 5.29. The van der Waals surface area contributed by atoms with E-state index in [2.05, 4.69) is 15.5 Å². The van der Waals surface area contributed by atoms with Crippen molar-refractivity contribution >= 4 is 11.9 Å². The summed E-state index contributed by atoms with van der Waals surface area (Å²) in [7, 11) is 0. The Kier molecular flexibility index (Phi) is 4.04. The molecule has 1 aromatic rings. The van der Waals surface area contributed by atoms with Gasteiger partial charge in [-0.25, -0.2) is 0 Å². The third-order valence-corrected chi connectivity index (χ3v) is 2.36. The zero-order valence-corrected chi connectivity index (χ0v) is 9.23. The summed E-state index contributed by atoms with van der Waals surface area (Å²) in [6.07, 6.45) is 2.85. The minimum atomic E-state index is -0.900. The normalized spacial score (nSPS) is 12.4. The number of rotatable bonds is 5. The maximum Gasteiger partial charge on any atom is 0.308 e. The highest BCUT2D eigenvalue weighted by Crippen LogP contribution is 2.09. The molecule has 1 rings (SSSR count). The van der Waals surface area contributed by atoms with Crippen molar-refractivity contribution in [1.29, 1.82) is 0 Å². The van der Waals surface area contributed by atoms with Crippen LogP contribution in [0.3, 0.4) is 0 Å². The molecular formula is C10H15N3O3. The predicted molar refractivity (Wildman–Crippen MR) is 56.9 cm³/mol. The number of nitrogens with one attached hydrogen (secondary N) is 2. The Morgan fingerprint density at radius 3 is 2.69 bits per heavy atom. The first-order valence-electron chi connectivity index (χ1n) is 5.02. The van der Waals surface area contributed by atoms with E-state index < -0.39 is 11.9 Å². The first-order valence-corrected chi connectivity index (χ1v) is 5.02. The molecule has 0 aliphatic carbocycles. The molecule has 6 nitrogen and oxygen atoms in total. The summed E-state index contributed by atoms with van der Waals surface area (Å²) in [5, 5.41) is 17.6. The topological polar surface area (TPSA) is 95.1 Å². The van der Waals surface area contributed by atoms with Crippen LogP contribution in [-0.4, -0.2) is 33.7 Å². The van der Waals surface area contributed by atoms with E-state index in [0.29, 0.717) is 5.56 Å². The van der Waals surface area contributed by atoms with Crippen molar-refractivity contribution in [3.63, 3.8) is 0 Å². The molecule has 6 heteroatoms. The van der Waals surface area contributed by atoms with Gasteiger partial charge < -0.3 is 10.4 Å². The van der Waals surface area contributed by atoms with Crippen LogP contribution in [0.25, 0.3) is 0 Å². The quantitative estimate of drug-likeness (QED) is 0.679. The highest BCUT2D eigenvalue weighted by molar-refractivity contribution is 5.93. The number of amides is 1. The van der Waals surface area contributed by atoms with Gasteiger partial charge in [0, 0.05) is 12.7 Å². The van der Waals surface area contributed by atoms with Gasteiger partial charge in [-0.05, 0) is 5.92 Å². The molecule has 1 atom stereocenters. The molecule has 1 aromatic heterocycles. The molecule has 0 spiro atoms. The van der Waals surface area contributed by atoms with Crippen LogP contribution in [0.2, 0.25) is 0 Å². The van der Waals surface area contributed by atoms with Crippen molar-refractivity contribution in [2.24, 2.45) is 11.8 Å². The third kappa shape index (κ3) is 3.08. The van der Waals surface area contributed by atoms with Gasteiger partial charge in [0.2, 0.25) is 0 Å². The number of carbonyl (C=O) groups excluding carboxylic acids is 1. The molecule has 0 aliphatic heterocycles. The number of carboxylic acids is 1. The number of hydrogen-bond donors (Lipinski definition) is 3. The van der Waals surface area contributed by atoms with Gasteiger partial charge in [-0.1, -0.05) is 13.8 Å². The summed E-state index contributed by atoms with van der Waals surface area (Å²) in [4.78, 5) is 22.4. The van der Waals surface area contributed by atoms with Gasteiger partial charge in [-0.3, -0.25) is 14.7 Å². The molecular weight excluding hydrogens is 210 g/mol. The zero-order valence-electron chi connectivity index (χ0n) is 9.23. The average molecular weight is 225 g/mol. The van der Waals surface area contributed by atoms with E-state index in [0.717, 1.165) is 0 Å². The van der Waals surface area contributed by atoms with E-state index in [1.165, 1.54) is 12.4 Å². The summed E-state index contributed by atoms with van der Waals surface area (Å²) in [5.41, 5.74) is 0.396. The molecule has 0 radical (unpaired) electrons. The van der Waals surface area contributed by atoms with Gasteiger partial charge in [0.25, 0.3) is 5.91 Å². The Bertz CT molecular complexity index is 359. The van der Waals surface area contributed by atoms with Crippen LogP contribution in [0.1, 0.15) is 24.2 Å². The van der Waals surface area contributed by atoms with Gasteiger partial charge >= 0.3 is 5.97 Å². The number of aliphatic carboxylic acids is 1. The SMILES string of the molecule is CC(C)C(CNC(=O)c1cn[nH]c1)C(=O)O. The van der Waals surface area contributed by atoms with E-state index >= 15 is 0 Å². The lowest BCUT2D eigenvalue weighted by Crippen LogP contribution is -2.35. The van der Waals surface area contributed by atoms with Gasteiger partial charge in [0.15, 0.2) is 0 Å². The summed E-state index contributed by atoms with van der Waals surface area (Å²) in [6, 6.07) is 0. The van der Waals surface area contributed by atoms with Crippen LogP contribution in [0.4, 0.5) is 0 Å². The van der Waals surface area contributed by atoms with Crippen LogP contribution in [-0.2, 0) is 4.79 Å². The summed E-state index contributed by atoms with van der Waals surface area (Å²) >= 11 is 0.